The Kier molecular flexibility index (Phi) is 5.38. The number of hydrogen-bond donors (Lipinski definition) is 1. The van der Waals surface area contributed by atoms with Gasteiger partial charge in [-0.2, -0.15) is 0 Å². The second-order valence-electron chi connectivity index (χ2n) is 8.16. The molecule has 2 heteroatoms. The van der Waals surface area contributed by atoms with Crippen LogP contribution in [0.1, 0.15) is 66.2 Å². The quantitative estimate of drug-likeness (QED) is 0.592. The van der Waals surface area contributed by atoms with Crippen LogP contribution in [-0.2, 0) is 4.74 Å². The molecule has 3 rings (SSSR count). The van der Waals surface area contributed by atoms with Gasteiger partial charge in [-0.25, -0.2) is 0 Å². The Morgan fingerprint density at radius 1 is 1.20 bits per heavy atom. The molecule has 2 unspecified atom stereocenters. The monoisotopic (exact) mass is 340 g/mol. The Hall–Kier alpha value is -1.54. The molecule has 1 heterocycles. The minimum absolute atomic E-state index is 0.0693. The molecule has 25 heavy (non-hydrogen) atoms. The van der Waals surface area contributed by atoms with Gasteiger partial charge in [0.05, 0.1) is 17.6 Å². The lowest BCUT2D eigenvalue weighted by molar-refractivity contribution is -0.0563. The lowest BCUT2D eigenvalue weighted by Crippen LogP contribution is -2.43. The lowest BCUT2D eigenvalue weighted by Gasteiger charge is -2.43. The third kappa shape index (κ3) is 3.84. The van der Waals surface area contributed by atoms with Crippen LogP contribution in [0.2, 0.25) is 0 Å². The van der Waals surface area contributed by atoms with Crippen molar-refractivity contribution < 1.29 is 9.84 Å². The fourth-order valence-electron chi connectivity index (χ4n) is 4.22. The topological polar surface area (TPSA) is 29.5 Å². The molecule has 0 aromatic rings. The van der Waals surface area contributed by atoms with Crippen LogP contribution in [0.4, 0.5) is 0 Å². The number of ether oxygens (including phenoxy) is 1. The minimum Gasteiger partial charge on any atom is -0.512 e. The molecule has 0 spiro atoms. The zero-order chi connectivity index (χ0) is 18.0. The van der Waals surface area contributed by atoms with E-state index < -0.39 is 0 Å². The summed E-state index contributed by atoms with van der Waals surface area (Å²) in [5.74, 6) is 0.389. The van der Waals surface area contributed by atoms with Gasteiger partial charge in [-0.3, -0.25) is 0 Å². The summed E-state index contributed by atoms with van der Waals surface area (Å²) in [6.07, 6.45) is 17.8. The average molecular weight is 341 g/mol. The number of hydrogen-bond acceptors (Lipinski definition) is 2. The van der Waals surface area contributed by atoms with Gasteiger partial charge in [-0.15, -0.1) is 0 Å². The van der Waals surface area contributed by atoms with E-state index in [0.29, 0.717) is 5.76 Å². The van der Waals surface area contributed by atoms with Crippen LogP contribution in [0.15, 0.2) is 58.4 Å². The highest BCUT2D eigenvalue weighted by Gasteiger charge is 2.43. The second-order valence-corrected chi connectivity index (χ2v) is 8.16. The maximum atomic E-state index is 10.8. The van der Waals surface area contributed by atoms with Crippen LogP contribution < -0.4 is 0 Å². The molecule has 2 nitrogen and oxygen atoms in total. The zero-order valence-corrected chi connectivity index (χ0v) is 16.1. The Morgan fingerprint density at radius 3 is 2.76 bits per heavy atom. The van der Waals surface area contributed by atoms with Crippen molar-refractivity contribution in [3.63, 3.8) is 0 Å². The fourth-order valence-corrected chi connectivity index (χ4v) is 4.22. The number of aliphatic hydroxyl groups is 1. The first-order valence-electron chi connectivity index (χ1n) is 9.80. The Labute approximate surface area is 152 Å². The molecule has 2 atom stereocenters. The van der Waals surface area contributed by atoms with Crippen molar-refractivity contribution in [2.75, 3.05) is 0 Å². The molecule has 3 aliphatic rings. The highest BCUT2D eigenvalue weighted by molar-refractivity contribution is 5.51. The fraction of sp³-hybridized carbons (Fsp3) is 0.565. The molecule has 0 saturated heterocycles. The van der Waals surface area contributed by atoms with Gasteiger partial charge >= 0.3 is 0 Å². The Morgan fingerprint density at radius 2 is 2.00 bits per heavy atom. The van der Waals surface area contributed by atoms with Gasteiger partial charge in [0.2, 0.25) is 0 Å². The molecular weight excluding hydrogens is 308 g/mol. The third-order valence-corrected chi connectivity index (χ3v) is 5.53. The summed E-state index contributed by atoms with van der Waals surface area (Å²) in [5, 5.41) is 10.8. The molecule has 0 aromatic heterocycles. The predicted octanol–water partition coefficient (Wildman–Crippen LogP) is 6.34. The molecule has 0 bridgehead atoms. The van der Waals surface area contributed by atoms with Gasteiger partial charge in [0.25, 0.3) is 0 Å². The predicted molar refractivity (Wildman–Crippen MR) is 105 cm³/mol. The van der Waals surface area contributed by atoms with E-state index >= 15 is 0 Å². The van der Waals surface area contributed by atoms with Gasteiger partial charge in [0, 0.05) is 0 Å². The molecule has 136 valence electrons. The molecule has 0 saturated carbocycles. The van der Waals surface area contributed by atoms with Crippen LogP contribution in [0, 0.1) is 5.92 Å². The lowest BCUT2D eigenvalue weighted by atomic mass is 9.76. The van der Waals surface area contributed by atoms with E-state index in [-0.39, 0.29) is 17.6 Å². The summed E-state index contributed by atoms with van der Waals surface area (Å²) in [6, 6.07) is 0. The normalized spacial score (nSPS) is 27.8. The van der Waals surface area contributed by atoms with Crippen molar-refractivity contribution in [3.8, 4) is 0 Å². The van der Waals surface area contributed by atoms with Gasteiger partial charge in [-0.05, 0) is 62.8 Å². The zero-order valence-electron chi connectivity index (χ0n) is 16.1. The van der Waals surface area contributed by atoms with Crippen LogP contribution in [0.3, 0.4) is 0 Å². The number of aliphatic hydroxyl groups excluding tert-OH is 1. The van der Waals surface area contributed by atoms with Crippen molar-refractivity contribution >= 4 is 0 Å². The SMILES string of the molecule is CCCCCCC1=CC2OC(C)(C)C3=C(C=C(C)CC=C3)C2C(O)=C1. The summed E-state index contributed by atoms with van der Waals surface area (Å²) in [7, 11) is 0. The Balaban J connectivity index is 1.90. The molecule has 0 aromatic carbocycles. The molecule has 1 aliphatic heterocycles. The van der Waals surface area contributed by atoms with Crippen LogP contribution >= 0.6 is 0 Å². The highest BCUT2D eigenvalue weighted by atomic mass is 16.5. The number of allylic oxidation sites excluding steroid dienone is 5. The summed E-state index contributed by atoms with van der Waals surface area (Å²) in [5.41, 5.74) is 4.64. The van der Waals surface area contributed by atoms with Crippen molar-refractivity contribution in [1.29, 1.82) is 0 Å². The van der Waals surface area contributed by atoms with E-state index in [1.165, 1.54) is 48.0 Å². The molecule has 0 amide bonds. The maximum Gasteiger partial charge on any atom is 0.103 e. The van der Waals surface area contributed by atoms with Gasteiger partial charge in [-0.1, -0.05) is 56.1 Å². The van der Waals surface area contributed by atoms with Crippen molar-refractivity contribution in [2.24, 2.45) is 5.92 Å². The molecule has 0 fully saturated rings. The largest absolute Gasteiger partial charge is 0.512 e. The van der Waals surface area contributed by atoms with Crippen LogP contribution in [0.5, 0.6) is 0 Å². The van der Waals surface area contributed by atoms with Gasteiger partial charge in [0.1, 0.15) is 5.76 Å². The molecule has 0 radical (unpaired) electrons. The van der Waals surface area contributed by atoms with E-state index in [1.807, 2.05) is 6.08 Å². The van der Waals surface area contributed by atoms with Crippen LogP contribution in [0.25, 0.3) is 0 Å². The second kappa shape index (κ2) is 7.37. The van der Waals surface area contributed by atoms with E-state index in [9.17, 15) is 5.11 Å². The summed E-state index contributed by atoms with van der Waals surface area (Å²) in [6.45, 7) is 8.68. The van der Waals surface area contributed by atoms with Crippen LogP contribution in [-0.4, -0.2) is 16.8 Å². The maximum absolute atomic E-state index is 10.8. The van der Waals surface area contributed by atoms with Crippen molar-refractivity contribution in [2.45, 2.75) is 77.9 Å². The number of fused-ring (bicyclic) bond motifs is 2. The standard InChI is InChI=1S/C23H32O2/c1-5-6-7-8-11-17-14-20(24)22-18-13-16(2)10-9-12-19(18)23(3,4)25-21(22)15-17/h9,12-15,21-22,24H,5-8,10-11H2,1-4H3. The first kappa shape index (κ1) is 18.3. The summed E-state index contributed by atoms with van der Waals surface area (Å²) < 4.78 is 6.45. The first-order chi connectivity index (χ1) is 11.9. The third-order valence-electron chi connectivity index (χ3n) is 5.53. The highest BCUT2D eigenvalue weighted by Crippen LogP contribution is 2.45. The Bertz CT molecular complexity index is 670. The van der Waals surface area contributed by atoms with E-state index in [0.717, 1.165) is 12.8 Å². The van der Waals surface area contributed by atoms with Crippen molar-refractivity contribution in [3.05, 3.63) is 58.4 Å². The number of unbranched alkanes of at least 4 members (excludes halogenated alkanes) is 3. The van der Waals surface area contributed by atoms with E-state index in [1.54, 1.807) is 0 Å². The van der Waals surface area contributed by atoms with Gasteiger partial charge in [0.15, 0.2) is 0 Å². The smallest absolute Gasteiger partial charge is 0.103 e. The van der Waals surface area contributed by atoms with Crippen molar-refractivity contribution in [1.82, 2.24) is 0 Å². The number of rotatable bonds is 5. The van der Waals surface area contributed by atoms with E-state index in [4.69, 9.17) is 4.74 Å². The molecule has 2 aliphatic carbocycles. The molecular formula is C23H32O2. The first-order valence-corrected chi connectivity index (χ1v) is 9.80. The summed E-state index contributed by atoms with van der Waals surface area (Å²) in [4.78, 5) is 0. The molecule has 1 N–H and O–H groups in total. The average Bonchev–Trinajstić information content (AvgIpc) is 2.72. The van der Waals surface area contributed by atoms with E-state index in [2.05, 4.69) is 52.0 Å². The van der Waals surface area contributed by atoms with Gasteiger partial charge < -0.3 is 9.84 Å². The minimum atomic E-state index is -0.338. The summed E-state index contributed by atoms with van der Waals surface area (Å²) >= 11 is 0.